The first-order valence-corrected chi connectivity index (χ1v) is 4.10. The van der Waals surface area contributed by atoms with Crippen molar-refractivity contribution in [2.24, 2.45) is 5.92 Å². The highest BCUT2D eigenvalue weighted by atomic mass is 16.1. The van der Waals surface area contributed by atoms with Gasteiger partial charge >= 0.3 is 5.69 Å². The molecule has 1 aromatic rings. The van der Waals surface area contributed by atoms with Gasteiger partial charge in [-0.2, -0.15) is 0 Å². The van der Waals surface area contributed by atoms with Gasteiger partial charge in [0.15, 0.2) is 0 Å². The largest absolute Gasteiger partial charge is 0.325 e. The summed E-state index contributed by atoms with van der Waals surface area (Å²) in [5, 5.41) is 0. The van der Waals surface area contributed by atoms with Crippen LogP contribution in [0.25, 0.3) is 0 Å². The molecule has 0 aliphatic heterocycles. The van der Waals surface area contributed by atoms with E-state index in [0.717, 1.165) is 12.5 Å². The third-order valence-corrected chi connectivity index (χ3v) is 2.40. The molecule has 0 atom stereocenters. The lowest BCUT2D eigenvalue weighted by Gasteiger charge is -2.24. The monoisotopic (exact) mass is 152 g/mol. The van der Waals surface area contributed by atoms with E-state index in [4.69, 9.17) is 0 Å². The van der Waals surface area contributed by atoms with Gasteiger partial charge in [0, 0.05) is 18.9 Å². The molecule has 3 heteroatoms. The van der Waals surface area contributed by atoms with Gasteiger partial charge in [-0.1, -0.05) is 6.42 Å². The fourth-order valence-corrected chi connectivity index (χ4v) is 1.45. The molecule has 0 unspecified atom stereocenters. The highest BCUT2D eigenvalue weighted by Crippen LogP contribution is 2.27. The molecule has 0 aromatic carbocycles. The minimum absolute atomic E-state index is 0.0249. The quantitative estimate of drug-likeness (QED) is 0.673. The van der Waals surface area contributed by atoms with Crippen molar-refractivity contribution in [2.75, 3.05) is 0 Å². The number of nitrogens with one attached hydrogen (secondary N) is 1. The molecule has 1 N–H and O–H groups in total. The lowest BCUT2D eigenvalue weighted by atomic mass is 9.85. The predicted molar refractivity (Wildman–Crippen MR) is 42.4 cm³/mol. The fourth-order valence-electron chi connectivity index (χ4n) is 1.45. The average Bonchev–Trinajstić information content (AvgIpc) is 2.27. The van der Waals surface area contributed by atoms with Crippen LogP contribution in [0, 0.1) is 5.92 Å². The molecule has 1 saturated carbocycles. The summed E-state index contributed by atoms with van der Waals surface area (Å²) in [6, 6.07) is 0. The van der Waals surface area contributed by atoms with Crippen LogP contribution >= 0.6 is 0 Å². The van der Waals surface area contributed by atoms with Gasteiger partial charge in [0.05, 0.1) is 0 Å². The molecule has 1 fully saturated rings. The van der Waals surface area contributed by atoms with Crippen molar-refractivity contribution in [1.82, 2.24) is 9.55 Å². The van der Waals surface area contributed by atoms with Gasteiger partial charge in [-0.3, -0.25) is 4.57 Å². The summed E-state index contributed by atoms with van der Waals surface area (Å²) >= 11 is 0. The van der Waals surface area contributed by atoms with E-state index in [1.807, 2.05) is 6.20 Å². The first-order valence-electron chi connectivity index (χ1n) is 4.10. The molecule has 0 saturated heterocycles. The van der Waals surface area contributed by atoms with Crippen molar-refractivity contribution in [3.05, 3.63) is 22.9 Å². The Balaban J connectivity index is 2.05. The molecular formula is C8H12N2O. The molecule has 0 spiro atoms. The summed E-state index contributed by atoms with van der Waals surface area (Å²) < 4.78 is 1.75. The van der Waals surface area contributed by atoms with E-state index in [2.05, 4.69) is 4.98 Å². The van der Waals surface area contributed by atoms with Gasteiger partial charge in [0.25, 0.3) is 0 Å². The van der Waals surface area contributed by atoms with Gasteiger partial charge in [0.2, 0.25) is 0 Å². The average molecular weight is 152 g/mol. The second kappa shape index (κ2) is 2.57. The van der Waals surface area contributed by atoms with E-state index in [-0.39, 0.29) is 5.69 Å². The van der Waals surface area contributed by atoms with Gasteiger partial charge in [0.1, 0.15) is 0 Å². The summed E-state index contributed by atoms with van der Waals surface area (Å²) in [4.78, 5) is 13.6. The maximum atomic E-state index is 11.0. The van der Waals surface area contributed by atoms with Crippen molar-refractivity contribution in [3.8, 4) is 0 Å². The molecule has 0 radical (unpaired) electrons. The van der Waals surface area contributed by atoms with Crippen molar-refractivity contribution in [1.29, 1.82) is 0 Å². The number of aromatic amines is 1. The maximum Gasteiger partial charge on any atom is 0.325 e. The minimum Gasteiger partial charge on any atom is -0.313 e. The standard InChI is InChI=1S/C8H12N2O/c11-8-9-4-5-10(8)6-7-2-1-3-7/h4-5,7H,1-3,6H2,(H,9,11). The maximum absolute atomic E-state index is 11.0. The van der Waals surface area contributed by atoms with Crippen LogP contribution in [0.15, 0.2) is 17.2 Å². The number of aromatic nitrogens is 2. The molecular weight excluding hydrogens is 140 g/mol. The van der Waals surface area contributed by atoms with Gasteiger partial charge in [-0.25, -0.2) is 4.79 Å². The molecule has 1 aromatic heterocycles. The topological polar surface area (TPSA) is 37.8 Å². The van der Waals surface area contributed by atoms with Crippen LogP contribution < -0.4 is 5.69 Å². The summed E-state index contributed by atoms with van der Waals surface area (Å²) in [6.45, 7) is 0.905. The first-order chi connectivity index (χ1) is 5.36. The molecule has 1 aliphatic carbocycles. The number of rotatable bonds is 2. The predicted octanol–water partition coefficient (Wildman–Crippen LogP) is 0.976. The second-order valence-electron chi connectivity index (χ2n) is 3.21. The lowest BCUT2D eigenvalue weighted by Crippen LogP contribution is -2.24. The molecule has 2 rings (SSSR count). The smallest absolute Gasteiger partial charge is 0.313 e. The van der Waals surface area contributed by atoms with Crippen LogP contribution in [0.5, 0.6) is 0 Å². The van der Waals surface area contributed by atoms with E-state index in [9.17, 15) is 4.79 Å². The van der Waals surface area contributed by atoms with Gasteiger partial charge in [-0.15, -0.1) is 0 Å². The van der Waals surface area contributed by atoms with Gasteiger partial charge in [-0.05, 0) is 18.8 Å². The normalized spacial score (nSPS) is 18.2. The highest BCUT2D eigenvalue weighted by molar-refractivity contribution is 4.79. The third-order valence-electron chi connectivity index (χ3n) is 2.40. The third kappa shape index (κ3) is 1.23. The Kier molecular flexibility index (Phi) is 1.56. The number of hydrogen-bond acceptors (Lipinski definition) is 1. The van der Waals surface area contributed by atoms with Crippen molar-refractivity contribution in [3.63, 3.8) is 0 Å². The van der Waals surface area contributed by atoms with Crippen LogP contribution in [-0.4, -0.2) is 9.55 Å². The molecule has 60 valence electrons. The van der Waals surface area contributed by atoms with Crippen LogP contribution in [0.3, 0.4) is 0 Å². The zero-order valence-corrected chi connectivity index (χ0v) is 6.42. The molecule has 1 heterocycles. The minimum atomic E-state index is 0.0249. The Morgan fingerprint density at radius 2 is 2.45 bits per heavy atom. The highest BCUT2D eigenvalue weighted by Gasteiger charge is 2.17. The Morgan fingerprint density at radius 1 is 1.64 bits per heavy atom. The molecule has 0 bridgehead atoms. The van der Waals surface area contributed by atoms with Crippen molar-refractivity contribution < 1.29 is 0 Å². The number of imidazole rings is 1. The van der Waals surface area contributed by atoms with Crippen LogP contribution in [0.2, 0.25) is 0 Å². The molecule has 3 nitrogen and oxygen atoms in total. The zero-order valence-electron chi connectivity index (χ0n) is 6.42. The van der Waals surface area contributed by atoms with E-state index >= 15 is 0 Å². The Hall–Kier alpha value is -0.990. The van der Waals surface area contributed by atoms with Crippen LogP contribution in [0.4, 0.5) is 0 Å². The molecule has 0 amide bonds. The summed E-state index contributed by atoms with van der Waals surface area (Å²) in [7, 11) is 0. The number of nitrogens with zero attached hydrogens (tertiary/aromatic N) is 1. The first kappa shape index (κ1) is 6.70. The summed E-state index contributed by atoms with van der Waals surface area (Å²) in [5.41, 5.74) is 0.0249. The Morgan fingerprint density at radius 3 is 2.91 bits per heavy atom. The molecule has 11 heavy (non-hydrogen) atoms. The SMILES string of the molecule is O=c1[nH]ccn1CC1CCC1. The van der Waals surface area contributed by atoms with Crippen LogP contribution in [-0.2, 0) is 6.54 Å². The Labute approximate surface area is 65.1 Å². The zero-order chi connectivity index (χ0) is 7.68. The Bertz CT molecular complexity index is 282. The van der Waals surface area contributed by atoms with E-state index in [0.29, 0.717) is 0 Å². The van der Waals surface area contributed by atoms with Gasteiger partial charge < -0.3 is 4.98 Å². The summed E-state index contributed by atoms with van der Waals surface area (Å²) in [5.74, 6) is 0.753. The molecule has 1 aliphatic rings. The lowest BCUT2D eigenvalue weighted by molar-refractivity contribution is 0.274. The number of H-pyrrole nitrogens is 1. The number of hydrogen-bond donors (Lipinski definition) is 1. The van der Waals surface area contributed by atoms with Crippen molar-refractivity contribution >= 4 is 0 Å². The van der Waals surface area contributed by atoms with E-state index < -0.39 is 0 Å². The van der Waals surface area contributed by atoms with Crippen LogP contribution in [0.1, 0.15) is 19.3 Å². The van der Waals surface area contributed by atoms with E-state index in [1.165, 1.54) is 19.3 Å². The summed E-state index contributed by atoms with van der Waals surface area (Å²) in [6.07, 6.45) is 7.43. The second-order valence-corrected chi connectivity index (χ2v) is 3.21. The van der Waals surface area contributed by atoms with E-state index in [1.54, 1.807) is 10.8 Å². The fraction of sp³-hybridized carbons (Fsp3) is 0.625. The van der Waals surface area contributed by atoms with Crippen molar-refractivity contribution in [2.45, 2.75) is 25.8 Å².